The molecule has 2 heterocycles. The highest BCUT2D eigenvalue weighted by atomic mass is 32.2. The number of carbonyl (C=O) groups is 1. The molecule has 1 amide bonds. The summed E-state index contributed by atoms with van der Waals surface area (Å²) < 4.78 is 37.3. The van der Waals surface area contributed by atoms with Gasteiger partial charge in [-0.3, -0.25) is 4.79 Å². The van der Waals surface area contributed by atoms with Gasteiger partial charge in [0.15, 0.2) is 0 Å². The number of ether oxygens (including phenoxy) is 1. The van der Waals surface area contributed by atoms with Gasteiger partial charge in [-0.2, -0.15) is 4.31 Å². The first-order chi connectivity index (χ1) is 12.8. The van der Waals surface area contributed by atoms with Crippen molar-refractivity contribution < 1.29 is 22.5 Å². The Morgan fingerprint density at radius 2 is 1.93 bits per heavy atom. The van der Waals surface area contributed by atoms with Crippen LogP contribution in [0.1, 0.15) is 32.9 Å². The van der Waals surface area contributed by atoms with Gasteiger partial charge in [-0.1, -0.05) is 11.2 Å². The highest BCUT2D eigenvalue weighted by molar-refractivity contribution is 7.89. The van der Waals surface area contributed by atoms with Crippen LogP contribution < -0.4 is 5.32 Å². The zero-order valence-corrected chi connectivity index (χ0v) is 16.4. The number of morpholine rings is 1. The smallest absolute Gasteiger partial charge is 0.251 e. The second kappa shape index (κ2) is 7.79. The fourth-order valence-corrected chi connectivity index (χ4v) is 4.40. The molecule has 0 atom stereocenters. The summed E-state index contributed by atoms with van der Waals surface area (Å²) in [5.41, 5.74) is 2.56. The lowest BCUT2D eigenvalue weighted by Crippen LogP contribution is -2.40. The van der Waals surface area contributed by atoms with Gasteiger partial charge in [0.1, 0.15) is 5.76 Å². The van der Waals surface area contributed by atoms with E-state index in [2.05, 4.69) is 10.5 Å². The van der Waals surface area contributed by atoms with Gasteiger partial charge >= 0.3 is 0 Å². The number of sulfonamides is 1. The van der Waals surface area contributed by atoms with E-state index in [4.69, 9.17) is 9.26 Å². The molecule has 0 bridgehead atoms. The lowest BCUT2D eigenvalue weighted by molar-refractivity contribution is 0.0730. The Balaban J connectivity index is 1.81. The Kier molecular flexibility index (Phi) is 5.64. The van der Waals surface area contributed by atoms with Crippen molar-refractivity contribution in [3.8, 4) is 0 Å². The summed E-state index contributed by atoms with van der Waals surface area (Å²) in [4.78, 5) is 12.8. The summed E-state index contributed by atoms with van der Waals surface area (Å²) in [6.45, 7) is 6.98. The molecule has 3 rings (SSSR count). The van der Waals surface area contributed by atoms with E-state index >= 15 is 0 Å². The van der Waals surface area contributed by atoms with Crippen LogP contribution in [0.5, 0.6) is 0 Å². The third kappa shape index (κ3) is 4.05. The van der Waals surface area contributed by atoms with Crippen molar-refractivity contribution >= 4 is 15.9 Å². The molecule has 0 radical (unpaired) electrons. The molecule has 0 unspecified atom stereocenters. The van der Waals surface area contributed by atoms with Gasteiger partial charge in [-0.25, -0.2) is 8.42 Å². The highest BCUT2D eigenvalue weighted by Gasteiger charge is 2.27. The molecular formula is C18H23N3O5S. The molecule has 0 spiro atoms. The molecule has 1 fully saturated rings. The van der Waals surface area contributed by atoms with E-state index in [1.807, 2.05) is 0 Å². The Morgan fingerprint density at radius 1 is 1.22 bits per heavy atom. The molecule has 1 N–H and O–H groups in total. The summed E-state index contributed by atoms with van der Waals surface area (Å²) in [6.07, 6.45) is 0. The molecule has 1 aromatic heterocycles. The number of nitrogens with one attached hydrogen (secondary N) is 1. The molecule has 1 saturated heterocycles. The Labute approximate surface area is 158 Å². The summed E-state index contributed by atoms with van der Waals surface area (Å²) in [5, 5.41) is 6.68. The van der Waals surface area contributed by atoms with Gasteiger partial charge in [0.2, 0.25) is 10.0 Å². The van der Waals surface area contributed by atoms with Crippen LogP contribution >= 0.6 is 0 Å². The topological polar surface area (TPSA) is 102 Å². The van der Waals surface area contributed by atoms with Crippen molar-refractivity contribution in [1.82, 2.24) is 14.8 Å². The first-order valence-corrected chi connectivity index (χ1v) is 10.1. The molecule has 2 aromatic rings. The maximum Gasteiger partial charge on any atom is 0.251 e. The predicted octanol–water partition coefficient (Wildman–Crippen LogP) is 1.55. The van der Waals surface area contributed by atoms with E-state index in [9.17, 15) is 13.2 Å². The fourth-order valence-electron chi connectivity index (χ4n) is 2.96. The minimum absolute atomic E-state index is 0.109. The Hall–Kier alpha value is -2.23. The monoisotopic (exact) mass is 393 g/mol. The third-order valence-corrected chi connectivity index (χ3v) is 6.56. The van der Waals surface area contributed by atoms with Crippen molar-refractivity contribution in [2.75, 3.05) is 26.3 Å². The lowest BCUT2D eigenvalue weighted by Gasteiger charge is -2.26. The molecule has 27 heavy (non-hydrogen) atoms. The Morgan fingerprint density at radius 3 is 2.56 bits per heavy atom. The number of carbonyl (C=O) groups excluding carboxylic acids is 1. The summed E-state index contributed by atoms with van der Waals surface area (Å²) in [7, 11) is -3.66. The third-order valence-electron chi connectivity index (χ3n) is 4.67. The van der Waals surface area contributed by atoms with Gasteiger partial charge in [0.05, 0.1) is 23.8 Å². The minimum atomic E-state index is -3.66. The Bertz CT molecular complexity index is 926. The van der Waals surface area contributed by atoms with Gasteiger partial charge < -0.3 is 14.6 Å². The fraction of sp³-hybridized carbons (Fsp3) is 0.444. The van der Waals surface area contributed by atoms with Crippen LogP contribution in [0.2, 0.25) is 0 Å². The van der Waals surface area contributed by atoms with Crippen LogP contribution in [0, 0.1) is 20.8 Å². The van der Waals surface area contributed by atoms with Gasteiger partial charge in [-0.05, 0) is 38.5 Å². The van der Waals surface area contributed by atoms with Crippen LogP contribution in [-0.2, 0) is 21.3 Å². The lowest BCUT2D eigenvalue weighted by atomic mass is 10.1. The molecule has 0 saturated carbocycles. The quantitative estimate of drug-likeness (QED) is 0.827. The number of amides is 1. The van der Waals surface area contributed by atoms with Gasteiger partial charge in [-0.15, -0.1) is 0 Å². The molecule has 1 aliphatic heterocycles. The molecular weight excluding hydrogens is 370 g/mol. The molecule has 1 aliphatic rings. The van der Waals surface area contributed by atoms with Crippen LogP contribution in [0.25, 0.3) is 0 Å². The standard InChI is InChI=1S/C18H23N3O5S/c1-12-4-5-15(27(23,24)21-6-8-25-9-7-21)10-16(12)18(22)19-11-17-13(2)20-26-14(17)3/h4-5,10H,6-9,11H2,1-3H3,(H,19,22). The van der Waals surface area contributed by atoms with E-state index in [0.717, 1.165) is 5.56 Å². The van der Waals surface area contributed by atoms with Crippen molar-refractivity contribution in [1.29, 1.82) is 0 Å². The van der Waals surface area contributed by atoms with Crippen molar-refractivity contribution in [3.05, 3.63) is 46.3 Å². The van der Waals surface area contributed by atoms with Crippen molar-refractivity contribution in [3.63, 3.8) is 0 Å². The largest absolute Gasteiger partial charge is 0.379 e. The van der Waals surface area contributed by atoms with E-state index in [1.54, 1.807) is 26.8 Å². The summed E-state index contributed by atoms with van der Waals surface area (Å²) in [6, 6.07) is 4.62. The first-order valence-electron chi connectivity index (χ1n) is 8.69. The predicted molar refractivity (Wildman–Crippen MR) is 97.9 cm³/mol. The average molecular weight is 393 g/mol. The zero-order valence-electron chi connectivity index (χ0n) is 15.6. The average Bonchev–Trinajstić information content (AvgIpc) is 2.98. The maximum absolute atomic E-state index is 12.8. The number of hydrogen-bond acceptors (Lipinski definition) is 6. The zero-order chi connectivity index (χ0) is 19.6. The number of rotatable bonds is 5. The normalized spacial score (nSPS) is 15.7. The number of nitrogens with zero attached hydrogens (tertiary/aromatic N) is 2. The van der Waals surface area contributed by atoms with Crippen molar-refractivity contribution in [2.45, 2.75) is 32.2 Å². The molecule has 146 valence electrons. The van der Waals surface area contributed by atoms with E-state index in [1.165, 1.54) is 16.4 Å². The highest BCUT2D eigenvalue weighted by Crippen LogP contribution is 2.21. The van der Waals surface area contributed by atoms with Crippen LogP contribution in [0.3, 0.4) is 0 Å². The van der Waals surface area contributed by atoms with Crippen LogP contribution in [0.15, 0.2) is 27.6 Å². The second-order valence-corrected chi connectivity index (χ2v) is 8.42. The van der Waals surface area contributed by atoms with Crippen LogP contribution in [-0.4, -0.2) is 50.1 Å². The molecule has 9 heteroatoms. The van der Waals surface area contributed by atoms with Gasteiger partial charge in [0, 0.05) is 30.8 Å². The number of aromatic nitrogens is 1. The van der Waals surface area contributed by atoms with E-state index in [-0.39, 0.29) is 17.3 Å². The SMILES string of the molecule is Cc1ccc(S(=O)(=O)N2CCOCC2)cc1C(=O)NCc1c(C)noc1C. The van der Waals surface area contributed by atoms with Gasteiger partial charge in [0.25, 0.3) is 5.91 Å². The number of hydrogen-bond donors (Lipinski definition) is 1. The minimum Gasteiger partial charge on any atom is -0.379 e. The second-order valence-electron chi connectivity index (χ2n) is 6.48. The van der Waals surface area contributed by atoms with Crippen molar-refractivity contribution in [2.24, 2.45) is 0 Å². The molecule has 1 aromatic carbocycles. The number of benzene rings is 1. The molecule has 8 nitrogen and oxygen atoms in total. The van der Waals surface area contributed by atoms with E-state index in [0.29, 0.717) is 48.9 Å². The first kappa shape index (κ1) is 19.5. The summed E-state index contributed by atoms with van der Waals surface area (Å²) in [5.74, 6) is 0.305. The summed E-state index contributed by atoms with van der Waals surface area (Å²) >= 11 is 0. The molecule has 0 aliphatic carbocycles. The van der Waals surface area contributed by atoms with E-state index < -0.39 is 10.0 Å². The van der Waals surface area contributed by atoms with Crippen LogP contribution in [0.4, 0.5) is 0 Å². The maximum atomic E-state index is 12.8. The number of aryl methyl sites for hydroxylation is 3.